The fraction of sp³-hybridized carbons (Fsp3) is 0.286. The lowest BCUT2D eigenvalue weighted by atomic mass is 10.4. The highest BCUT2D eigenvalue weighted by Crippen LogP contribution is 2.23. The molecule has 0 aliphatic heterocycles. The van der Waals surface area contributed by atoms with Crippen LogP contribution in [0.3, 0.4) is 0 Å². The Kier molecular flexibility index (Phi) is 3.66. The zero-order chi connectivity index (χ0) is 9.68. The van der Waals surface area contributed by atoms with Crippen molar-refractivity contribution in [2.45, 2.75) is 5.03 Å². The van der Waals surface area contributed by atoms with Crippen LogP contribution in [-0.4, -0.2) is 17.3 Å². The van der Waals surface area contributed by atoms with Gasteiger partial charge >= 0.3 is 0 Å². The molecule has 0 amide bonds. The maximum atomic E-state index is 10.2. The quantitative estimate of drug-likeness (QED) is 0.558. The van der Waals surface area contributed by atoms with Crippen molar-refractivity contribution < 1.29 is 0 Å². The third-order valence-corrected chi connectivity index (χ3v) is 2.31. The number of anilines is 1. The molecule has 0 saturated carbocycles. The molecule has 1 aromatic rings. The van der Waals surface area contributed by atoms with Crippen LogP contribution in [-0.2, 0) is 0 Å². The van der Waals surface area contributed by atoms with E-state index in [1.807, 2.05) is 0 Å². The van der Waals surface area contributed by atoms with Gasteiger partial charge < -0.3 is 11.5 Å². The smallest absolute Gasteiger partial charge is 0.154 e. The molecule has 0 aliphatic rings. The summed E-state index contributed by atoms with van der Waals surface area (Å²) >= 11 is 1.49. The van der Waals surface area contributed by atoms with Gasteiger partial charge in [0.1, 0.15) is 5.69 Å². The summed E-state index contributed by atoms with van der Waals surface area (Å²) in [4.78, 5) is 14.1. The van der Waals surface area contributed by atoms with Crippen LogP contribution in [0.4, 0.5) is 11.5 Å². The highest BCUT2D eigenvalue weighted by molar-refractivity contribution is 7.99. The molecule has 13 heavy (non-hydrogen) atoms. The Morgan fingerprint density at radius 2 is 2.31 bits per heavy atom. The Morgan fingerprint density at radius 1 is 1.54 bits per heavy atom. The third-order valence-electron chi connectivity index (χ3n) is 1.34. The second-order valence-electron chi connectivity index (χ2n) is 2.28. The molecule has 0 unspecified atom stereocenters. The molecule has 1 aromatic heterocycles. The Hall–Kier alpha value is -1.14. The van der Waals surface area contributed by atoms with E-state index in [9.17, 15) is 4.91 Å². The molecule has 0 saturated heterocycles. The molecular weight excluding hydrogens is 188 g/mol. The largest absolute Gasteiger partial charge is 0.382 e. The highest BCUT2D eigenvalue weighted by Gasteiger charge is 2.02. The molecule has 70 valence electrons. The van der Waals surface area contributed by atoms with Gasteiger partial charge in [-0.25, -0.2) is 4.98 Å². The van der Waals surface area contributed by atoms with Crippen molar-refractivity contribution in [3.8, 4) is 0 Å². The van der Waals surface area contributed by atoms with Crippen LogP contribution < -0.4 is 11.5 Å². The minimum atomic E-state index is 0.164. The number of nitrogens with zero attached hydrogens (tertiary/aromatic N) is 2. The first-order chi connectivity index (χ1) is 6.27. The van der Waals surface area contributed by atoms with E-state index < -0.39 is 0 Å². The van der Waals surface area contributed by atoms with Crippen molar-refractivity contribution in [2.75, 3.05) is 18.0 Å². The SMILES string of the molecule is NCCSc1ccc(N=O)c(N)n1. The molecule has 6 heteroatoms. The van der Waals surface area contributed by atoms with Crippen LogP contribution in [0, 0.1) is 4.91 Å². The van der Waals surface area contributed by atoms with E-state index in [1.165, 1.54) is 11.8 Å². The molecule has 0 aliphatic carbocycles. The number of thioether (sulfide) groups is 1. The van der Waals surface area contributed by atoms with Crippen LogP contribution in [0.2, 0.25) is 0 Å². The van der Waals surface area contributed by atoms with E-state index in [4.69, 9.17) is 11.5 Å². The van der Waals surface area contributed by atoms with Crippen molar-refractivity contribution in [3.05, 3.63) is 17.0 Å². The van der Waals surface area contributed by atoms with Crippen LogP contribution in [0.25, 0.3) is 0 Å². The number of nitrogens with two attached hydrogens (primary N) is 2. The van der Waals surface area contributed by atoms with Crippen LogP contribution >= 0.6 is 11.8 Å². The molecule has 0 bridgehead atoms. The number of rotatable bonds is 4. The molecule has 0 atom stereocenters. The summed E-state index contributed by atoms with van der Waals surface area (Å²) in [6.07, 6.45) is 0. The summed E-state index contributed by atoms with van der Waals surface area (Å²) in [5, 5.41) is 3.48. The lowest BCUT2D eigenvalue weighted by Gasteiger charge is -2.00. The number of nitrogen functional groups attached to an aromatic ring is 1. The summed E-state index contributed by atoms with van der Waals surface area (Å²) in [7, 11) is 0. The Morgan fingerprint density at radius 3 is 2.85 bits per heavy atom. The Balaban J connectivity index is 2.77. The number of pyridine rings is 1. The second kappa shape index (κ2) is 4.78. The van der Waals surface area contributed by atoms with E-state index >= 15 is 0 Å². The molecule has 5 nitrogen and oxygen atoms in total. The van der Waals surface area contributed by atoms with Gasteiger partial charge in [-0.3, -0.25) is 0 Å². The molecule has 0 radical (unpaired) electrons. The molecule has 0 aromatic carbocycles. The first-order valence-electron chi connectivity index (χ1n) is 3.70. The number of aromatic nitrogens is 1. The maximum absolute atomic E-state index is 10.2. The average molecular weight is 198 g/mol. The van der Waals surface area contributed by atoms with Crippen molar-refractivity contribution >= 4 is 23.3 Å². The van der Waals surface area contributed by atoms with E-state index in [0.29, 0.717) is 6.54 Å². The lowest BCUT2D eigenvalue weighted by Crippen LogP contribution is -2.01. The van der Waals surface area contributed by atoms with Gasteiger partial charge in [0.15, 0.2) is 5.82 Å². The molecule has 4 N–H and O–H groups in total. The maximum Gasteiger partial charge on any atom is 0.154 e. The third kappa shape index (κ3) is 2.67. The van der Waals surface area contributed by atoms with Crippen LogP contribution in [0.5, 0.6) is 0 Å². The van der Waals surface area contributed by atoms with Crippen LogP contribution in [0.15, 0.2) is 22.3 Å². The Labute approximate surface area is 79.9 Å². The number of nitroso groups, excluding NO2 is 1. The van der Waals surface area contributed by atoms with Gasteiger partial charge in [0, 0.05) is 12.3 Å². The molecule has 1 rings (SSSR count). The highest BCUT2D eigenvalue weighted by atomic mass is 32.2. The van der Waals surface area contributed by atoms with Gasteiger partial charge in [-0.1, -0.05) is 0 Å². The van der Waals surface area contributed by atoms with E-state index in [0.717, 1.165) is 10.8 Å². The summed E-state index contributed by atoms with van der Waals surface area (Å²) < 4.78 is 0. The van der Waals surface area contributed by atoms with E-state index in [1.54, 1.807) is 12.1 Å². The fourth-order valence-corrected chi connectivity index (χ4v) is 1.42. The predicted octanol–water partition coefficient (Wildman–Crippen LogP) is 1.11. The van der Waals surface area contributed by atoms with Gasteiger partial charge in [-0.15, -0.1) is 16.7 Å². The molecule has 0 fully saturated rings. The van der Waals surface area contributed by atoms with Crippen molar-refractivity contribution in [1.82, 2.24) is 4.98 Å². The zero-order valence-electron chi connectivity index (χ0n) is 6.93. The topological polar surface area (TPSA) is 94.4 Å². The Bertz CT molecular complexity index is 305. The minimum Gasteiger partial charge on any atom is -0.382 e. The van der Waals surface area contributed by atoms with Gasteiger partial charge in [0.25, 0.3) is 0 Å². The number of hydrogen-bond donors (Lipinski definition) is 2. The summed E-state index contributed by atoms with van der Waals surface area (Å²) in [5.41, 5.74) is 11.0. The summed E-state index contributed by atoms with van der Waals surface area (Å²) in [6.45, 7) is 0.583. The van der Waals surface area contributed by atoms with Crippen molar-refractivity contribution in [2.24, 2.45) is 10.9 Å². The lowest BCUT2D eigenvalue weighted by molar-refractivity contribution is 1.11. The fourth-order valence-electron chi connectivity index (χ4n) is 0.770. The monoisotopic (exact) mass is 198 g/mol. The van der Waals surface area contributed by atoms with Crippen molar-refractivity contribution in [1.29, 1.82) is 0 Å². The predicted molar refractivity (Wildman–Crippen MR) is 53.9 cm³/mol. The standard InChI is InChI=1S/C7H10N4OS/c8-3-4-13-6-2-1-5(11-12)7(9)10-6/h1-2H,3-4,8H2,(H2,9,10). The van der Waals surface area contributed by atoms with Crippen LogP contribution in [0.1, 0.15) is 0 Å². The first kappa shape index (κ1) is 9.94. The number of hydrogen-bond acceptors (Lipinski definition) is 6. The second-order valence-corrected chi connectivity index (χ2v) is 3.40. The molecule has 0 spiro atoms. The summed E-state index contributed by atoms with van der Waals surface area (Å²) in [5.74, 6) is 0.942. The van der Waals surface area contributed by atoms with Gasteiger partial charge in [0.2, 0.25) is 0 Å². The normalized spacial score (nSPS) is 9.92. The average Bonchev–Trinajstić information content (AvgIpc) is 2.15. The van der Waals surface area contributed by atoms with Gasteiger partial charge in [-0.2, -0.15) is 0 Å². The first-order valence-corrected chi connectivity index (χ1v) is 4.69. The molecule has 1 heterocycles. The summed E-state index contributed by atoms with van der Waals surface area (Å²) in [6, 6.07) is 3.25. The minimum absolute atomic E-state index is 0.164. The van der Waals surface area contributed by atoms with E-state index in [-0.39, 0.29) is 11.5 Å². The van der Waals surface area contributed by atoms with E-state index in [2.05, 4.69) is 10.2 Å². The zero-order valence-corrected chi connectivity index (χ0v) is 7.75. The molecular formula is C7H10N4OS. The van der Waals surface area contributed by atoms with Gasteiger partial charge in [0.05, 0.1) is 5.03 Å². The van der Waals surface area contributed by atoms with Gasteiger partial charge in [-0.05, 0) is 17.3 Å². The van der Waals surface area contributed by atoms with Crippen molar-refractivity contribution in [3.63, 3.8) is 0 Å².